The minimum atomic E-state index is -4.11. The minimum Gasteiger partial charge on any atom is -0.324 e. The molecule has 7 nitrogen and oxygen atoms in total. The number of sulfonamides is 2. The molecule has 0 spiro atoms. The molecule has 0 amide bonds. The van der Waals surface area contributed by atoms with Gasteiger partial charge in [-0.3, -0.25) is 4.72 Å². The lowest BCUT2D eigenvalue weighted by molar-refractivity contribution is 0.477. The van der Waals surface area contributed by atoms with Crippen LogP contribution in [0.3, 0.4) is 0 Å². The fourth-order valence-electron chi connectivity index (χ4n) is 3.33. The summed E-state index contributed by atoms with van der Waals surface area (Å²) in [5.41, 5.74) is 0.390. The van der Waals surface area contributed by atoms with Gasteiger partial charge in [0.05, 0.1) is 15.5 Å². The van der Waals surface area contributed by atoms with Crippen LogP contribution in [0, 0.1) is 5.82 Å². The van der Waals surface area contributed by atoms with E-state index in [4.69, 9.17) is 0 Å². The molecule has 3 aromatic rings. The van der Waals surface area contributed by atoms with Crippen LogP contribution >= 0.6 is 0 Å². The van der Waals surface area contributed by atoms with Gasteiger partial charge in [-0.1, -0.05) is 0 Å². The van der Waals surface area contributed by atoms with Gasteiger partial charge in [-0.05, 0) is 67.4 Å². The van der Waals surface area contributed by atoms with Gasteiger partial charge >= 0.3 is 0 Å². The predicted octanol–water partition coefficient (Wildman–Crippen LogP) is 3.20. The van der Waals surface area contributed by atoms with Crippen molar-refractivity contribution in [1.29, 1.82) is 0 Å². The Balaban J connectivity index is 1.59. The Morgan fingerprint density at radius 1 is 0.833 bits per heavy atom. The van der Waals surface area contributed by atoms with Gasteiger partial charge in [0.15, 0.2) is 0 Å². The van der Waals surface area contributed by atoms with Gasteiger partial charge in [-0.25, -0.2) is 21.2 Å². The molecule has 1 aliphatic heterocycles. The van der Waals surface area contributed by atoms with Crippen molar-refractivity contribution in [2.24, 2.45) is 0 Å². The number of aromatic nitrogens is 1. The zero-order chi connectivity index (χ0) is 21.4. The number of nitrogens with one attached hydrogen (secondary N) is 1. The summed E-state index contributed by atoms with van der Waals surface area (Å²) >= 11 is 0. The van der Waals surface area contributed by atoms with Crippen LogP contribution in [0.25, 0.3) is 5.69 Å². The minimum absolute atomic E-state index is 0.0316. The van der Waals surface area contributed by atoms with Crippen molar-refractivity contribution in [2.45, 2.75) is 22.6 Å². The number of halogens is 1. The molecule has 1 N–H and O–H groups in total. The van der Waals surface area contributed by atoms with Gasteiger partial charge in [0.1, 0.15) is 5.82 Å². The molecule has 1 aromatic heterocycles. The highest BCUT2D eigenvalue weighted by Gasteiger charge is 2.27. The Kier molecular flexibility index (Phi) is 5.39. The van der Waals surface area contributed by atoms with Crippen molar-refractivity contribution in [3.8, 4) is 5.69 Å². The molecule has 0 aliphatic carbocycles. The summed E-state index contributed by atoms with van der Waals surface area (Å²) in [5.74, 6) is -0.720. The maximum atomic E-state index is 14.2. The van der Waals surface area contributed by atoms with Crippen LogP contribution in [0.2, 0.25) is 0 Å². The van der Waals surface area contributed by atoms with E-state index in [1.54, 1.807) is 29.1 Å². The summed E-state index contributed by atoms with van der Waals surface area (Å²) in [7, 11) is -7.75. The molecule has 1 fully saturated rings. The normalized spacial score (nSPS) is 15.4. The van der Waals surface area contributed by atoms with E-state index >= 15 is 0 Å². The summed E-state index contributed by atoms with van der Waals surface area (Å²) in [6.45, 7) is 0.919. The second-order valence-electron chi connectivity index (χ2n) is 6.94. The van der Waals surface area contributed by atoms with Gasteiger partial charge in [0, 0.05) is 31.2 Å². The van der Waals surface area contributed by atoms with Crippen LogP contribution in [0.4, 0.5) is 10.1 Å². The van der Waals surface area contributed by atoms with Crippen LogP contribution in [-0.4, -0.2) is 38.8 Å². The molecular formula is C20H20FN3O4S2. The molecule has 1 aliphatic rings. The molecule has 4 rings (SSSR count). The van der Waals surface area contributed by atoms with Crippen LogP contribution in [0.1, 0.15) is 12.8 Å². The maximum Gasteiger partial charge on any atom is 0.261 e. The summed E-state index contributed by atoms with van der Waals surface area (Å²) < 4.78 is 70.2. The number of hydrogen-bond acceptors (Lipinski definition) is 4. The highest BCUT2D eigenvalue weighted by atomic mass is 32.2. The molecule has 0 radical (unpaired) electrons. The second kappa shape index (κ2) is 7.86. The van der Waals surface area contributed by atoms with Gasteiger partial charge in [-0.15, -0.1) is 0 Å². The fourth-order valence-corrected chi connectivity index (χ4v) is 5.91. The summed E-state index contributed by atoms with van der Waals surface area (Å²) in [4.78, 5) is -0.127. The zero-order valence-corrected chi connectivity index (χ0v) is 17.5. The fraction of sp³-hybridized carbons (Fsp3) is 0.200. The number of benzene rings is 2. The predicted molar refractivity (Wildman–Crippen MR) is 111 cm³/mol. The lowest BCUT2D eigenvalue weighted by Gasteiger charge is -2.16. The quantitative estimate of drug-likeness (QED) is 0.626. The van der Waals surface area contributed by atoms with Crippen molar-refractivity contribution >= 4 is 25.7 Å². The smallest absolute Gasteiger partial charge is 0.261 e. The van der Waals surface area contributed by atoms with E-state index in [9.17, 15) is 21.2 Å². The van der Waals surface area contributed by atoms with Gasteiger partial charge in [0.25, 0.3) is 10.0 Å². The highest BCUT2D eigenvalue weighted by molar-refractivity contribution is 7.92. The molecular weight excluding hydrogens is 429 g/mol. The van der Waals surface area contributed by atoms with Crippen LogP contribution in [0.5, 0.6) is 0 Å². The van der Waals surface area contributed by atoms with E-state index in [1.807, 2.05) is 0 Å². The van der Waals surface area contributed by atoms with Gasteiger partial charge in [-0.2, -0.15) is 4.31 Å². The van der Waals surface area contributed by atoms with E-state index in [2.05, 4.69) is 4.72 Å². The molecule has 10 heteroatoms. The summed E-state index contributed by atoms with van der Waals surface area (Å²) in [6.07, 6.45) is 5.13. The average molecular weight is 450 g/mol. The number of anilines is 1. The maximum absolute atomic E-state index is 14.2. The van der Waals surface area contributed by atoms with E-state index in [0.717, 1.165) is 12.8 Å². The standard InChI is InChI=1S/C20H20FN3O4S2/c21-19-10-5-16(23-11-1-2-12-23)15-20(19)22-29(25,26)17-6-8-18(9-7-17)30(27,28)24-13-3-4-14-24/h1-2,5-12,15,22H,3-4,13-14H2. The van der Waals surface area contributed by atoms with E-state index < -0.39 is 25.9 Å². The molecule has 0 atom stereocenters. The summed E-state index contributed by atoms with van der Waals surface area (Å²) in [5, 5.41) is 0. The van der Waals surface area contributed by atoms with Crippen molar-refractivity contribution in [3.05, 3.63) is 72.8 Å². The van der Waals surface area contributed by atoms with Crippen LogP contribution in [0.15, 0.2) is 76.8 Å². The van der Waals surface area contributed by atoms with Crippen molar-refractivity contribution in [2.75, 3.05) is 17.8 Å². The molecule has 2 aromatic carbocycles. The number of nitrogens with zero attached hydrogens (tertiary/aromatic N) is 2. The largest absolute Gasteiger partial charge is 0.324 e. The van der Waals surface area contributed by atoms with E-state index in [1.165, 1.54) is 46.8 Å². The molecule has 158 valence electrons. The lowest BCUT2D eigenvalue weighted by atomic mass is 10.2. The summed E-state index contributed by atoms with van der Waals surface area (Å²) in [6, 6.07) is 12.6. The molecule has 0 unspecified atom stereocenters. The number of rotatable bonds is 6. The van der Waals surface area contributed by atoms with Crippen molar-refractivity contribution < 1.29 is 21.2 Å². The SMILES string of the molecule is O=S(=O)(Nc1cc(-n2cccc2)ccc1F)c1ccc(S(=O)(=O)N2CCCC2)cc1. The first kappa shape index (κ1) is 20.6. The number of hydrogen-bond donors (Lipinski definition) is 1. The van der Waals surface area contributed by atoms with Gasteiger partial charge in [0.2, 0.25) is 10.0 Å². The second-order valence-corrected chi connectivity index (χ2v) is 10.6. The molecule has 1 saturated heterocycles. The van der Waals surface area contributed by atoms with Crippen molar-refractivity contribution in [3.63, 3.8) is 0 Å². The third kappa shape index (κ3) is 3.98. The first-order valence-corrected chi connectivity index (χ1v) is 12.3. The van der Waals surface area contributed by atoms with Crippen LogP contribution in [-0.2, 0) is 20.0 Å². The molecule has 2 heterocycles. The Labute approximate surface area is 174 Å². The zero-order valence-electron chi connectivity index (χ0n) is 15.9. The van der Waals surface area contributed by atoms with Crippen LogP contribution < -0.4 is 4.72 Å². The molecule has 0 saturated carbocycles. The first-order chi connectivity index (χ1) is 14.3. The topological polar surface area (TPSA) is 88.5 Å². The Morgan fingerprint density at radius 2 is 1.43 bits per heavy atom. The van der Waals surface area contributed by atoms with E-state index in [0.29, 0.717) is 18.8 Å². The Morgan fingerprint density at radius 3 is 2.07 bits per heavy atom. The highest BCUT2D eigenvalue weighted by Crippen LogP contribution is 2.25. The van der Waals surface area contributed by atoms with E-state index in [-0.39, 0.29) is 15.5 Å². The first-order valence-electron chi connectivity index (χ1n) is 9.33. The Hall–Kier alpha value is -2.69. The van der Waals surface area contributed by atoms with Gasteiger partial charge < -0.3 is 4.57 Å². The van der Waals surface area contributed by atoms with Crippen molar-refractivity contribution in [1.82, 2.24) is 8.87 Å². The Bertz CT molecular complexity index is 1250. The third-order valence-corrected chi connectivity index (χ3v) is 8.23. The molecule has 30 heavy (non-hydrogen) atoms. The third-order valence-electron chi connectivity index (χ3n) is 4.93. The lowest BCUT2D eigenvalue weighted by Crippen LogP contribution is -2.27. The molecule has 0 bridgehead atoms. The average Bonchev–Trinajstić information content (AvgIpc) is 3.44. The monoisotopic (exact) mass is 449 g/mol.